The number of nitrogen functional groups attached to an aromatic ring is 1. The lowest BCUT2D eigenvalue weighted by Crippen LogP contribution is -2.60. The van der Waals surface area contributed by atoms with Crippen molar-refractivity contribution in [2.24, 2.45) is 23.7 Å². The summed E-state index contributed by atoms with van der Waals surface area (Å²) in [6.07, 6.45) is 1.72. The first kappa shape index (κ1) is 51.8. The van der Waals surface area contributed by atoms with E-state index in [2.05, 4.69) is 10.6 Å². The number of nitrogens with one attached hydrogen (secondary N) is 2. The number of carbonyl (C=O) groups excluding carboxylic acids is 5. The van der Waals surface area contributed by atoms with Crippen LogP contribution in [0.15, 0.2) is 54.6 Å². The Morgan fingerprint density at radius 1 is 0.839 bits per heavy atom. The molecule has 4 N–H and O–H groups in total. The van der Waals surface area contributed by atoms with Crippen molar-refractivity contribution in [1.82, 2.24) is 25.3 Å². The average molecular weight is 865 g/mol. The number of carbonyl (C=O) groups is 5. The Bertz CT molecular complexity index is 1730. The summed E-state index contributed by atoms with van der Waals surface area (Å²) in [5.74, 6) is -2.59. The molecule has 14 heteroatoms. The van der Waals surface area contributed by atoms with Crippen molar-refractivity contribution in [3.05, 3.63) is 65.7 Å². The normalized spacial score (nSPS) is 18.0. The molecule has 3 rings (SSSR count). The summed E-state index contributed by atoms with van der Waals surface area (Å²) >= 11 is 0. The van der Waals surface area contributed by atoms with Crippen molar-refractivity contribution in [3.8, 4) is 0 Å². The predicted molar refractivity (Wildman–Crippen MR) is 243 cm³/mol. The maximum absolute atomic E-state index is 14.6. The van der Waals surface area contributed by atoms with Gasteiger partial charge in [0, 0.05) is 46.5 Å². The number of methoxy groups -OCH3 is 3. The number of nitrogens with two attached hydrogens (primary N) is 1. The van der Waals surface area contributed by atoms with Crippen LogP contribution in [-0.2, 0) is 51.0 Å². The first-order chi connectivity index (χ1) is 29.4. The smallest absolute Gasteiger partial charge is 0.328 e. The van der Waals surface area contributed by atoms with E-state index < -0.39 is 54.3 Å². The molecule has 1 aliphatic rings. The van der Waals surface area contributed by atoms with E-state index in [4.69, 9.17) is 19.9 Å². The van der Waals surface area contributed by atoms with Crippen LogP contribution in [0.4, 0.5) is 5.69 Å². The molecular weight excluding hydrogens is 789 g/mol. The zero-order valence-corrected chi connectivity index (χ0v) is 39.4. The second-order valence-electron chi connectivity index (χ2n) is 17.8. The second kappa shape index (κ2) is 24.9. The van der Waals surface area contributed by atoms with Crippen molar-refractivity contribution in [2.75, 3.05) is 54.2 Å². The molecule has 2 aromatic carbocycles. The van der Waals surface area contributed by atoms with E-state index in [0.717, 1.165) is 24.0 Å². The molecule has 346 valence electrons. The number of benzene rings is 2. The minimum absolute atomic E-state index is 0.00887. The van der Waals surface area contributed by atoms with Crippen LogP contribution in [0.2, 0.25) is 0 Å². The summed E-state index contributed by atoms with van der Waals surface area (Å²) in [5, 5.41) is 5.99. The minimum Gasteiger partial charge on any atom is -0.467 e. The third-order valence-electron chi connectivity index (χ3n) is 12.7. The minimum atomic E-state index is -0.900. The predicted octanol–water partition coefficient (Wildman–Crippen LogP) is 4.73. The number of esters is 1. The van der Waals surface area contributed by atoms with Crippen molar-refractivity contribution >= 4 is 35.3 Å². The Hall–Kier alpha value is -4.53. The lowest BCUT2D eigenvalue weighted by atomic mass is 9.89. The Morgan fingerprint density at radius 2 is 1.48 bits per heavy atom. The Morgan fingerprint density at radius 3 is 2.03 bits per heavy atom. The largest absolute Gasteiger partial charge is 0.467 e. The van der Waals surface area contributed by atoms with Crippen LogP contribution in [0, 0.1) is 23.7 Å². The molecule has 1 saturated heterocycles. The topological polar surface area (TPSA) is 173 Å². The first-order valence-electron chi connectivity index (χ1n) is 22.3. The van der Waals surface area contributed by atoms with Gasteiger partial charge in [-0.1, -0.05) is 97.4 Å². The van der Waals surface area contributed by atoms with Crippen molar-refractivity contribution in [2.45, 2.75) is 129 Å². The molecule has 9 atom stereocenters. The molecule has 0 spiro atoms. The Balaban J connectivity index is 1.77. The van der Waals surface area contributed by atoms with Crippen LogP contribution >= 0.6 is 0 Å². The summed E-state index contributed by atoms with van der Waals surface area (Å²) in [6.45, 7) is 14.8. The van der Waals surface area contributed by atoms with E-state index in [1.165, 1.54) is 14.2 Å². The van der Waals surface area contributed by atoms with E-state index in [1.807, 2.05) is 108 Å². The molecule has 0 saturated carbocycles. The Kier molecular flexibility index (Phi) is 20.8. The number of amides is 4. The second-order valence-corrected chi connectivity index (χ2v) is 17.8. The standard InChI is InChI=1S/C48H76N6O8/c1-13-32(6)43(53(9)47(58)41(30(2)3)51-46(57)42(31(4)5)52(8)27-25-34-21-23-36(49)24-22-34)39(60-10)29-40(55)54-26-17-20-38(54)44(61-11)33(7)45(56)50-37(48(59)62-12)28-35-18-15-14-16-19-35/h14-16,18-19,21-24,30-33,37-39,41-44H,13,17,20,25-29,49H2,1-12H3,(H,50,56)(H,51,57)/t32-,33+,37-,38-,39+,41-,42?,43+,44+/m0/s1. The molecule has 1 unspecified atom stereocenters. The lowest BCUT2D eigenvalue weighted by molar-refractivity contribution is -0.149. The summed E-state index contributed by atoms with van der Waals surface area (Å²) < 4.78 is 17.1. The summed E-state index contributed by atoms with van der Waals surface area (Å²) in [5.41, 5.74) is 8.56. The highest BCUT2D eigenvalue weighted by Gasteiger charge is 2.43. The highest BCUT2D eigenvalue weighted by molar-refractivity contribution is 5.90. The summed E-state index contributed by atoms with van der Waals surface area (Å²) in [4.78, 5) is 74.9. The first-order valence-corrected chi connectivity index (χ1v) is 22.3. The number of hydrogen-bond donors (Lipinski definition) is 3. The number of likely N-dealkylation sites (tertiary alicyclic amines) is 1. The van der Waals surface area contributed by atoms with Gasteiger partial charge in [-0.2, -0.15) is 0 Å². The van der Waals surface area contributed by atoms with Gasteiger partial charge in [-0.15, -0.1) is 0 Å². The average Bonchev–Trinajstić information content (AvgIpc) is 3.74. The highest BCUT2D eigenvalue weighted by atomic mass is 16.5. The Labute approximate surface area is 370 Å². The van der Waals surface area contributed by atoms with Gasteiger partial charge in [0.15, 0.2) is 0 Å². The molecule has 62 heavy (non-hydrogen) atoms. The molecule has 4 amide bonds. The van der Waals surface area contributed by atoms with Crippen LogP contribution in [0.3, 0.4) is 0 Å². The van der Waals surface area contributed by atoms with Gasteiger partial charge < -0.3 is 40.4 Å². The van der Waals surface area contributed by atoms with Crippen LogP contribution in [-0.4, -0.2) is 135 Å². The van der Waals surface area contributed by atoms with Gasteiger partial charge in [0.2, 0.25) is 23.6 Å². The van der Waals surface area contributed by atoms with E-state index in [1.54, 1.807) is 30.9 Å². The fourth-order valence-electron chi connectivity index (χ4n) is 8.91. The monoisotopic (exact) mass is 865 g/mol. The van der Waals surface area contributed by atoms with Crippen molar-refractivity contribution < 1.29 is 38.2 Å². The fourth-order valence-corrected chi connectivity index (χ4v) is 8.91. The number of hydrogen-bond acceptors (Lipinski definition) is 10. The number of rotatable bonds is 24. The van der Waals surface area contributed by atoms with Crippen molar-refractivity contribution in [1.29, 1.82) is 0 Å². The molecule has 2 aromatic rings. The molecular formula is C48H76N6O8. The number of ether oxygens (including phenoxy) is 3. The van der Waals surface area contributed by atoms with Gasteiger partial charge in [0.1, 0.15) is 12.1 Å². The highest BCUT2D eigenvalue weighted by Crippen LogP contribution is 2.30. The van der Waals surface area contributed by atoms with Crippen LogP contribution < -0.4 is 16.4 Å². The summed E-state index contributed by atoms with van der Waals surface area (Å²) in [6, 6.07) is 14.0. The van der Waals surface area contributed by atoms with Gasteiger partial charge in [-0.05, 0) is 67.3 Å². The van der Waals surface area contributed by atoms with E-state index in [9.17, 15) is 24.0 Å². The zero-order valence-electron chi connectivity index (χ0n) is 39.4. The number of nitrogens with zero attached hydrogens (tertiary/aromatic N) is 3. The van der Waals surface area contributed by atoms with Gasteiger partial charge in [0.05, 0.1) is 49.8 Å². The maximum atomic E-state index is 14.6. The van der Waals surface area contributed by atoms with E-state index >= 15 is 0 Å². The van der Waals surface area contributed by atoms with Crippen LogP contribution in [0.25, 0.3) is 0 Å². The van der Waals surface area contributed by atoms with E-state index in [0.29, 0.717) is 31.6 Å². The third kappa shape index (κ3) is 14.0. The molecule has 14 nitrogen and oxygen atoms in total. The lowest BCUT2D eigenvalue weighted by Gasteiger charge is -2.41. The zero-order chi connectivity index (χ0) is 46.3. The van der Waals surface area contributed by atoms with Crippen LogP contribution in [0.5, 0.6) is 0 Å². The van der Waals surface area contributed by atoms with Crippen LogP contribution in [0.1, 0.15) is 85.3 Å². The quantitative estimate of drug-likeness (QED) is 0.0990. The SMILES string of the molecule is CC[C@H](C)[C@H]([C@@H](CC(=O)N1CCC[C@H]1[C@H](OC)[C@@H](C)C(=O)N[C@@H](Cc1ccccc1)C(=O)OC)OC)N(C)C(=O)[C@@H](NC(=O)C(C(C)C)N(C)CCc1ccc(N)cc1)C(C)C. The molecule has 0 radical (unpaired) electrons. The molecule has 0 bridgehead atoms. The fraction of sp³-hybridized carbons (Fsp3) is 0.646. The molecule has 1 fully saturated rings. The van der Waals surface area contributed by atoms with Gasteiger partial charge >= 0.3 is 5.97 Å². The molecule has 0 aromatic heterocycles. The molecule has 1 aliphatic heterocycles. The van der Waals surface area contributed by atoms with Crippen molar-refractivity contribution in [3.63, 3.8) is 0 Å². The number of likely N-dealkylation sites (N-methyl/N-ethyl adjacent to an activating group) is 2. The molecule has 0 aliphatic carbocycles. The summed E-state index contributed by atoms with van der Waals surface area (Å²) in [7, 11) is 8.04. The molecule has 1 heterocycles. The number of anilines is 1. The third-order valence-corrected chi connectivity index (χ3v) is 12.7. The van der Waals surface area contributed by atoms with Gasteiger partial charge in [-0.3, -0.25) is 24.1 Å². The van der Waals surface area contributed by atoms with Gasteiger partial charge in [0.25, 0.3) is 0 Å². The van der Waals surface area contributed by atoms with Gasteiger partial charge in [-0.25, -0.2) is 4.79 Å². The van der Waals surface area contributed by atoms with E-state index in [-0.39, 0.29) is 54.2 Å². The maximum Gasteiger partial charge on any atom is 0.328 e.